The van der Waals surface area contributed by atoms with Gasteiger partial charge in [-0.3, -0.25) is 4.79 Å². The molecule has 0 aromatic heterocycles. The molecule has 0 aromatic carbocycles. The molecule has 1 atom stereocenters. The smallest absolute Gasteiger partial charge is 0.230 e. The van der Waals surface area contributed by atoms with Gasteiger partial charge in [-0.15, -0.1) is 0 Å². The van der Waals surface area contributed by atoms with Crippen LogP contribution in [0, 0.1) is 5.92 Å². The van der Waals surface area contributed by atoms with Crippen molar-refractivity contribution in [2.24, 2.45) is 5.92 Å². The minimum atomic E-state index is 0.127. The Hall–Kier alpha value is 0.200. The molecule has 0 heterocycles. The Morgan fingerprint density at radius 1 is 1.50 bits per heavy atom. The van der Waals surface area contributed by atoms with Gasteiger partial charge in [-0.1, -0.05) is 36.4 Å². The van der Waals surface area contributed by atoms with Crippen molar-refractivity contribution >= 4 is 28.5 Å². The first-order chi connectivity index (χ1) is 4.57. The van der Waals surface area contributed by atoms with E-state index in [-0.39, 0.29) is 5.91 Å². The van der Waals surface area contributed by atoms with E-state index in [2.05, 4.69) is 41.8 Å². The highest BCUT2D eigenvalue weighted by atomic mass is 127. The van der Waals surface area contributed by atoms with Gasteiger partial charge in [0, 0.05) is 6.04 Å². The number of rotatable bonds is 3. The Labute approximate surface area is 75.9 Å². The van der Waals surface area contributed by atoms with Gasteiger partial charge in [0.2, 0.25) is 5.91 Å². The van der Waals surface area contributed by atoms with Crippen molar-refractivity contribution in [3.8, 4) is 0 Å². The quantitative estimate of drug-likeness (QED) is 0.602. The zero-order chi connectivity index (χ0) is 8.15. The lowest BCUT2D eigenvalue weighted by atomic mass is 10.1. The number of hydrogen-bond donors (Lipinski definition) is 1. The number of nitrogens with one attached hydrogen (secondary N) is 1. The predicted molar refractivity (Wildman–Crippen MR) is 51.3 cm³/mol. The molecule has 0 fully saturated rings. The minimum absolute atomic E-state index is 0.127. The molecule has 1 amide bonds. The SMILES string of the molecule is CC(C)C(C)NC(=O)CI. The average molecular weight is 255 g/mol. The molecule has 3 heteroatoms. The van der Waals surface area contributed by atoms with Crippen LogP contribution in [-0.2, 0) is 4.79 Å². The summed E-state index contributed by atoms with van der Waals surface area (Å²) in [5.41, 5.74) is 0. The molecule has 60 valence electrons. The van der Waals surface area contributed by atoms with Crippen LogP contribution in [0.15, 0.2) is 0 Å². The highest BCUT2D eigenvalue weighted by Gasteiger charge is 2.08. The fourth-order valence-corrected chi connectivity index (χ4v) is 0.679. The van der Waals surface area contributed by atoms with Crippen LogP contribution < -0.4 is 5.32 Å². The van der Waals surface area contributed by atoms with Crippen molar-refractivity contribution in [3.05, 3.63) is 0 Å². The highest BCUT2D eigenvalue weighted by molar-refractivity contribution is 14.1. The summed E-state index contributed by atoms with van der Waals surface area (Å²) in [5.74, 6) is 0.647. The van der Waals surface area contributed by atoms with Gasteiger partial charge >= 0.3 is 0 Å². The van der Waals surface area contributed by atoms with E-state index in [4.69, 9.17) is 0 Å². The van der Waals surface area contributed by atoms with Gasteiger partial charge in [0.1, 0.15) is 0 Å². The zero-order valence-electron chi connectivity index (χ0n) is 6.65. The Morgan fingerprint density at radius 2 is 2.00 bits per heavy atom. The van der Waals surface area contributed by atoms with Crippen LogP contribution in [0.5, 0.6) is 0 Å². The molecule has 10 heavy (non-hydrogen) atoms. The maximum Gasteiger partial charge on any atom is 0.230 e. The summed E-state index contributed by atoms with van der Waals surface area (Å²) in [6, 6.07) is 0.294. The molecule has 1 unspecified atom stereocenters. The maximum atomic E-state index is 10.8. The molecule has 0 spiro atoms. The third-order valence-corrected chi connectivity index (χ3v) is 2.20. The van der Waals surface area contributed by atoms with Crippen molar-refractivity contribution in [1.29, 1.82) is 0 Å². The molecule has 2 nitrogen and oxygen atoms in total. The number of amides is 1. The van der Waals surface area contributed by atoms with Crippen LogP contribution >= 0.6 is 22.6 Å². The van der Waals surface area contributed by atoms with Crippen LogP contribution in [0.1, 0.15) is 20.8 Å². The molecule has 0 bridgehead atoms. The lowest BCUT2D eigenvalue weighted by molar-refractivity contribution is -0.119. The van der Waals surface area contributed by atoms with Crippen LogP contribution in [-0.4, -0.2) is 16.4 Å². The highest BCUT2D eigenvalue weighted by Crippen LogP contribution is 1.99. The Balaban J connectivity index is 3.57. The molecule has 0 saturated carbocycles. The maximum absolute atomic E-state index is 10.8. The zero-order valence-corrected chi connectivity index (χ0v) is 8.81. The molecule has 1 N–H and O–H groups in total. The summed E-state index contributed by atoms with van der Waals surface area (Å²) in [7, 11) is 0. The van der Waals surface area contributed by atoms with Gasteiger partial charge in [-0.05, 0) is 12.8 Å². The van der Waals surface area contributed by atoms with E-state index in [9.17, 15) is 4.79 Å². The van der Waals surface area contributed by atoms with Crippen molar-refractivity contribution in [2.45, 2.75) is 26.8 Å². The van der Waals surface area contributed by atoms with Crippen LogP contribution in [0.2, 0.25) is 0 Å². The second kappa shape index (κ2) is 4.93. The monoisotopic (exact) mass is 255 g/mol. The van der Waals surface area contributed by atoms with Gasteiger partial charge in [0.25, 0.3) is 0 Å². The number of hydrogen-bond acceptors (Lipinski definition) is 1. The van der Waals surface area contributed by atoms with Gasteiger partial charge in [-0.25, -0.2) is 0 Å². The third kappa shape index (κ3) is 4.09. The Kier molecular flexibility index (Phi) is 5.03. The standard InChI is InChI=1S/C7H14INO/c1-5(2)6(3)9-7(10)4-8/h5-6H,4H2,1-3H3,(H,9,10). The topological polar surface area (TPSA) is 29.1 Å². The van der Waals surface area contributed by atoms with E-state index in [0.29, 0.717) is 16.4 Å². The van der Waals surface area contributed by atoms with E-state index in [0.717, 1.165) is 0 Å². The van der Waals surface area contributed by atoms with E-state index in [1.54, 1.807) is 0 Å². The largest absolute Gasteiger partial charge is 0.353 e. The summed E-state index contributed by atoms with van der Waals surface area (Å²) in [6.07, 6.45) is 0. The van der Waals surface area contributed by atoms with E-state index < -0.39 is 0 Å². The molecule has 0 radical (unpaired) electrons. The first-order valence-electron chi connectivity index (χ1n) is 3.43. The normalized spacial score (nSPS) is 13.3. The predicted octanol–water partition coefficient (Wildman–Crippen LogP) is 1.58. The van der Waals surface area contributed by atoms with E-state index >= 15 is 0 Å². The first kappa shape index (κ1) is 10.2. The second-order valence-corrected chi connectivity index (χ2v) is 3.50. The molecule has 0 aromatic rings. The Bertz CT molecular complexity index is 114. The second-order valence-electron chi connectivity index (χ2n) is 2.73. The lowest BCUT2D eigenvalue weighted by Gasteiger charge is -2.16. The van der Waals surface area contributed by atoms with Gasteiger partial charge < -0.3 is 5.32 Å². The molecule has 0 rings (SSSR count). The molecular weight excluding hydrogens is 241 g/mol. The lowest BCUT2D eigenvalue weighted by Crippen LogP contribution is -2.36. The van der Waals surface area contributed by atoms with Crippen molar-refractivity contribution in [1.82, 2.24) is 5.32 Å². The molecule has 0 saturated heterocycles. The summed E-state index contributed by atoms with van der Waals surface area (Å²) >= 11 is 2.06. The Morgan fingerprint density at radius 3 is 2.30 bits per heavy atom. The molecular formula is C7H14INO. The average Bonchev–Trinajstić information content (AvgIpc) is 1.87. The van der Waals surface area contributed by atoms with E-state index in [1.165, 1.54) is 0 Å². The number of carbonyl (C=O) groups excluding carboxylic acids is 1. The number of halogens is 1. The summed E-state index contributed by atoms with van der Waals surface area (Å²) in [4.78, 5) is 10.8. The summed E-state index contributed by atoms with van der Waals surface area (Å²) in [6.45, 7) is 6.21. The molecule has 0 aliphatic heterocycles. The van der Waals surface area contributed by atoms with Gasteiger partial charge in [0.05, 0.1) is 4.43 Å². The van der Waals surface area contributed by atoms with Crippen molar-refractivity contribution in [3.63, 3.8) is 0 Å². The summed E-state index contributed by atoms with van der Waals surface area (Å²) < 4.78 is 0.550. The molecule has 0 aliphatic rings. The third-order valence-electron chi connectivity index (χ3n) is 1.51. The summed E-state index contributed by atoms with van der Waals surface area (Å²) in [5, 5.41) is 2.88. The van der Waals surface area contributed by atoms with Gasteiger partial charge in [-0.2, -0.15) is 0 Å². The number of alkyl halides is 1. The minimum Gasteiger partial charge on any atom is -0.353 e. The van der Waals surface area contributed by atoms with Gasteiger partial charge in [0.15, 0.2) is 0 Å². The fraction of sp³-hybridized carbons (Fsp3) is 0.857. The van der Waals surface area contributed by atoms with Crippen LogP contribution in [0.3, 0.4) is 0 Å². The number of carbonyl (C=O) groups is 1. The van der Waals surface area contributed by atoms with Crippen molar-refractivity contribution < 1.29 is 4.79 Å². The fourth-order valence-electron chi connectivity index (χ4n) is 0.459. The van der Waals surface area contributed by atoms with Crippen LogP contribution in [0.25, 0.3) is 0 Å². The first-order valence-corrected chi connectivity index (χ1v) is 4.95. The molecule has 0 aliphatic carbocycles. The van der Waals surface area contributed by atoms with Crippen LogP contribution in [0.4, 0.5) is 0 Å². The van der Waals surface area contributed by atoms with Crippen molar-refractivity contribution in [2.75, 3.05) is 4.43 Å². The van der Waals surface area contributed by atoms with E-state index in [1.807, 2.05) is 6.92 Å².